The van der Waals surface area contributed by atoms with E-state index in [0.29, 0.717) is 6.04 Å². The van der Waals surface area contributed by atoms with Gasteiger partial charge in [-0.2, -0.15) is 0 Å². The Morgan fingerprint density at radius 2 is 1.77 bits per heavy atom. The third-order valence-electron chi connectivity index (χ3n) is 3.23. The maximum Gasteiger partial charge on any atom is 0.0267 e. The van der Waals surface area contributed by atoms with Gasteiger partial charge in [-0.05, 0) is 39.7 Å². The van der Waals surface area contributed by atoms with Gasteiger partial charge in [-0.3, -0.25) is 0 Å². The van der Waals surface area contributed by atoms with Crippen LogP contribution in [0.1, 0.15) is 46.0 Å². The van der Waals surface area contributed by atoms with Crippen molar-refractivity contribution in [3.63, 3.8) is 0 Å². The quantitative estimate of drug-likeness (QED) is 0.703. The maximum atomic E-state index is 6.16. The second-order valence-corrected chi connectivity index (χ2v) is 4.99. The molecule has 3 N–H and O–H groups in total. The molecule has 0 heterocycles. The maximum absolute atomic E-state index is 6.16. The van der Waals surface area contributed by atoms with Crippen molar-refractivity contribution in [2.75, 3.05) is 7.05 Å². The lowest BCUT2D eigenvalue weighted by molar-refractivity contribution is 0.209. The van der Waals surface area contributed by atoms with Gasteiger partial charge in [-0.15, -0.1) is 0 Å². The van der Waals surface area contributed by atoms with Crippen LogP contribution < -0.4 is 11.1 Å². The Hall–Kier alpha value is -0.0800. The van der Waals surface area contributed by atoms with Crippen molar-refractivity contribution in [3.8, 4) is 0 Å². The first-order valence-corrected chi connectivity index (χ1v) is 5.52. The summed E-state index contributed by atoms with van der Waals surface area (Å²) in [5.41, 5.74) is 6.07. The zero-order valence-electron chi connectivity index (χ0n) is 9.27. The largest absolute Gasteiger partial charge is 0.324 e. The molecule has 1 aliphatic rings. The van der Waals surface area contributed by atoms with Crippen LogP contribution in [-0.2, 0) is 0 Å². The van der Waals surface area contributed by atoms with Crippen molar-refractivity contribution in [2.24, 2.45) is 11.7 Å². The van der Waals surface area contributed by atoms with E-state index in [-0.39, 0.29) is 5.54 Å². The van der Waals surface area contributed by atoms with E-state index in [1.165, 1.54) is 32.1 Å². The molecule has 0 aliphatic heterocycles. The fourth-order valence-electron chi connectivity index (χ4n) is 2.68. The first-order valence-electron chi connectivity index (χ1n) is 5.52. The lowest BCUT2D eigenvalue weighted by Crippen LogP contribution is -2.56. The minimum Gasteiger partial charge on any atom is -0.324 e. The molecule has 0 aromatic rings. The molecular formula is C11H24N2. The molecule has 1 rings (SSSR count). The monoisotopic (exact) mass is 184 g/mol. The third-order valence-corrected chi connectivity index (χ3v) is 3.23. The van der Waals surface area contributed by atoms with Gasteiger partial charge in [0, 0.05) is 11.6 Å². The molecule has 1 fully saturated rings. The molecule has 0 saturated heterocycles. The van der Waals surface area contributed by atoms with Crippen LogP contribution >= 0.6 is 0 Å². The Morgan fingerprint density at radius 3 is 2.15 bits per heavy atom. The molecule has 1 aliphatic carbocycles. The van der Waals surface area contributed by atoms with Gasteiger partial charge in [0.15, 0.2) is 0 Å². The first-order chi connectivity index (χ1) is 6.05. The van der Waals surface area contributed by atoms with Gasteiger partial charge in [-0.1, -0.05) is 19.3 Å². The van der Waals surface area contributed by atoms with Crippen LogP contribution in [0.15, 0.2) is 0 Å². The van der Waals surface area contributed by atoms with Gasteiger partial charge >= 0.3 is 0 Å². The first kappa shape index (κ1) is 11.0. The summed E-state index contributed by atoms with van der Waals surface area (Å²) in [5, 5.41) is 3.39. The SMILES string of the molecule is CNC(C1CCCCC1)C(C)(C)N. The Morgan fingerprint density at radius 1 is 1.23 bits per heavy atom. The summed E-state index contributed by atoms with van der Waals surface area (Å²) in [4.78, 5) is 0. The number of nitrogens with one attached hydrogen (secondary N) is 1. The van der Waals surface area contributed by atoms with E-state index in [9.17, 15) is 0 Å². The lowest BCUT2D eigenvalue weighted by atomic mass is 9.77. The van der Waals surface area contributed by atoms with Crippen LogP contribution in [0, 0.1) is 5.92 Å². The highest BCUT2D eigenvalue weighted by Gasteiger charge is 2.31. The van der Waals surface area contributed by atoms with E-state index in [2.05, 4.69) is 19.2 Å². The Labute approximate surface area is 82.3 Å². The van der Waals surface area contributed by atoms with E-state index < -0.39 is 0 Å². The number of likely N-dealkylation sites (N-methyl/N-ethyl adjacent to an activating group) is 1. The number of nitrogens with two attached hydrogens (primary N) is 1. The number of rotatable bonds is 3. The van der Waals surface area contributed by atoms with E-state index >= 15 is 0 Å². The molecule has 78 valence electrons. The molecule has 1 atom stereocenters. The van der Waals surface area contributed by atoms with Crippen molar-refractivity contribution >= 4 is 0 Å². The second kappa shape index (κ2) is 4.43. The molecular weight excluding hydrogens is 160 g/mol. The Bertz CT molecular complexity index is 143. The van der Waals surface area contributed by atoms with Crippen molar-refractivity contribution < 1.29 is 0 Å². The van der Waals surface area contributed by atoms with Crippen LogP contribution in [0.25, 0.3) is 0 Å². The fourth-order valence-corrected chi connectivity index (χ4v) is 2.68. The summed E-state index contributed by atoms with van der Waals surface area (Å²) in [6, 6.07) is 0.479. The van der Waals surface area contributed by atoms with E-state index in [4.69, 9.17) is 5.73 Å². The zero-order valence-corrected chi connectivity index (χ0v) is 9.27. The van der Waals surface area contributed by atoms with Crippen molar-refractivity contribution in [1.82, 2.24) is 5.32 Å². The predicted molar refractivity (Wildman–Crippen MR) is 57.7 cm³/mol. The van der Waals surface area contributed by atoms with Crippen molar-refractivity contribution in [1.29, 1.82) is 0 Å². The fraction of sp³-hybridized carbons (Fsp3) is 1.00. The van der Waals surface area contributed by atoms with E-state index in [1.54, 1.807) is 0 Å². The zero-order chi connectivity index (χ0) is 9.90. The molecule has 13 heavy (non-hydrogen) atoms. The van der Waals surface area contributed by atoms with E-state index in [0.717, 1.165) is 5.92 Å². The van der Waals surface area contributed by atoms with Gasteiger partial charge in [0.1, 0.15) is 0 Å². The second-order valence-electron chi connectivity index (χ2n) is 4.99. The molecule has 0 bridgehead atoms. The van der Waals surface area contributed by atoms with Crippen molar-refractivity contribution in [3.05, 3.63) is 0 Å². The summed E-state index contributed by atoms with van der Waals surface area (Å²) in [6.07, 6.45) is 6.90. The molecule has 1 saturated carbocycles. The van der Waals surface area contributed by atoms with Crippen LogP contribution in [0.4, 0.5) is 0 Å². The Balaban J connectivity index is 2.54. The van der Waals surface area contributed by atoms with E-state index in [1.807, 2.05) is 7.05 Å². The summed E-state index contributed by atoms with van der Waals surface area (Å²) in [7, 11) is 2.04. The van der Waals surface area contributed by atoms with Gasteiger partial charge in [-0.25, -0.2) is 0 Å². The Kier molecular flexibility index (Phi) is 3.74. The van der Waals surface area contributed by atoms with Gasteiger partial charge in [0.25, 0.3) is 0 Å². The number of hydrogen-bond acceptors (Lipinski definition) is 2. The van der Waals surface area contributed by atoms with Gasteiger partial charge < -0.3 is 11.1 Å². The molecule has 0 spiro atoms. The topological polar surface area (TPSA) is 38.0 Å². The highest BCUT2D eigenvalue weighted by Crippen LogP contribution is 2.29. The van der Waals surface area contributed by atoms with Gasteiger partial charge in [0.05, 0.1) is 0 Å². The van der Waals surface area contributed by atoms with Crippen LogP contribution in [0.5, 0.6) is 0 Å². The summed E-state index contributed by atoms with van der Waals surface area (Å²) in [6.45, 7) is 4.26. The summed E-state index contributed by atoms with van der Waals surface area (Å²) >= 11 is 0. The molecule has 2 heteroatoms. The summed E-state index contributed by atoms with van der Waals surface area (Å²) < 4.78 is 0. The minimum atomic E-state index is -0.0866. The van der Waals surface area contributed by atoms with Crippen LogP contribution in [-0.4, -0.2) is 18.6 Å². The summed E-state index contributed by atoms with van der Waals surface area (Å²) in [5.74, 6) is 0.791. The normalized spacial score (nSPS) is 23.1. The molecule has 1 unspecified atom stereocenters. The minimum absolute atomic E-state index is 0.0866. The van der Waals surface area contributed by atoms with Crippen LogP contribution in [0.3, 0.4) is 0 Å². The van der Waals surface area contributed by atoms with Crippen LogP contribution in [0.2, 0.25) is 0 Å². The third kappa shape index (κ3) is 2.96. The van der Waals surface area contributed by atoms with Crippen molar-refractivity contribution in [2.45, 2.75) is 57.5 Å². The van der Waals surface area contributed by atoms with Gasteiger partial charge in [0.2, 0.25) is 0 Å². The molecule has 0 aromatic carbocycles. The highest BCUT2D eigenvalue weighted by molar-refractivity contribution is 4.93. The molecule has 0 aromatic heterocycles. The lowest BCUT2D eigenvalue weighted by Gasteiger charge is -2.38. The number of hydrogen-bond donors (Lipinski definition) is 2. The molecule has 2 nitrogen and oxygen atoms in total. The standard InChI is InChI=1S/C11H24N2/c1-11(2,12)10(13-3)9-7-5-4-6-8-9/h9-10,13H,4-8,12H2,1-3H3. The predicted octanol–water partition coefficient (Wildman–Crippen LogP) is 1.89. The molecule has 0 radical (unpaired) electrons. The average molecular weight is 184 g/mol. The highest BCUT2D eigenvalue weighted by atomic mass is 15.0. The molecule has 0 amide bonds. The average Bonchev–Trinajstić information content (AvgIpc) is 2.05. The smallest absolute Gasteiger partial charge is 0.0267 e.